The fourth-order valence-electron chi connectivity index (χ4n) is 4.35. The molecule has 2 aliphatic rings. The minimum Gasteiger partial charge on any atom is -0.324 e. The van der Waals surface area contributed by atoms with E-state index in [1.54, 1.807) is 30.3 Å². The fourth-order valence-corrected chi connectivity index (χ4v) is 5.71. The van der Waals surface area contributed by atoms with Crippen molar-refractivity contribution in [2.45, 2.75) is 11.8 Å². The lowest BCUT2D eigenvalue weighted by atomic mass is 10.0. The van der Waals surface area contributed by atoms with Gasteiger partial charge in [0.05, 0.1) is 11.4 Å². The van der Waals surface area contributed by atoms with Crippen molar-refractivity contribution in [3.05, 3.63) is 89.7 Å². The Kier molecular flexibility index (Phi) is 5.17. The third-order valence-electron chi connectivity index (χ3n) is 5.87. The van der Waals surface area contributed by atoms with E-state index in [1.165, 1.54) is 45.8 Å². The van der Waals surface area contributed by atoms with E-state index < -0.39 is 10.7 Å². The number of aryl methyl sites for hydroxylation is 1. The van der Waals surface area contributed by atoms with Crippen molar-refractivity contribution in [1.82, 2.24) is 0 Å². The molecule has 1 atom stereocenters. The molecule has 0 unspecified atom stereocenters. The third-order valence-corrected chi connectivity index (χ3v) is 7.26. The molecule has 0 aromatic heterocycles. The number of nitrogens with zero attached hydrogens (tertiary/aromatic N) is 2. The predicted octanol–water partition coefficient (Wildman–Crippen LogP) is 4.05. The average Bonchev–Trinajstić information content (AvgIpc) is 3.27. The molecule has 3 aromatic carbocycles. The van der Waals surface area contributed by atoms with Crippen LogP contribution in [-0.2, 0) is 19.3 Å². The maximum absolute atomic E-state index is 13.9. The molecular weight excluding hydrogens is 441 g/mol. The fraction of sp³-hybridized carbons (Fsp3) is 0.160. The zero-order valence-corrected chi connectivity index (χ0v) is 18.6. The van der Waals surface area contributed by atoms with Crippen molar-refractivity contribution >= 4 is 46.5 Å². The van der Waals surface area contributed by atoms with Crippen LogP contribution >= 0.6 is 11.8 Å². The number of carbonyl (C=O) groups excluding carboxylic acids is 3. The van der Waals surface area contributed by atoms with E-state index in [0.717, 1.165) is 5.56 Å². The van der Waals surface area contributed by atoms with Crippen LogP contribution in [0.1, 0.15) is 11.1 Å². The van der Waals surface area contributed by atoms with Crippen molar-refractivity contribution in [1.29, 1.82) is 0 Å². The van der Waals surface area contributed by atoms with Crippen molar-refractivity contribution < 1.29 is 18.8 Å². The van der Waals surface area contributed by atoms with Crippen LogP contribution in [0.4, 0.5) is 21.5 Å². The monoisotopic (exact) mass is 461 g/mol. The van der Waals surface area contributed by atoms with Gasteiger partial charge >= 0.3 is 0 Å². The van der Waals surface area contributed by atoms with Crippen LogP contribution < -0.4 is 15.1 Å². The van der Waals surface area contributed by atoms with Gasteiger partial charge in [-0.05, 0) is 48.9 Å². The number of hydrogen-bond acceptors (Lipinski definition) is 4. The van der Waals surface area contributed by atoms with E-state index in [0.29, 0.717) is 22.6 Å². The van der Waals surface area contributed by atoms with Crippen LogP contribution in [0.3, 0.4) is 0 Å². The summed E-state index contributed by atoms with van der Waals surface area (Å²) in [6.07, 6.45) is 0. The first kappa shape index (κ1) is 21.2. The summed E-state index contributed by atoms with van der Waals surface area (Å²) >= 11 is 1.22. The second kappa shape index (κ2) is 8.04. The van der Waals surface area contributed by atoms with Crippen LogP contribution in [0, 0.1) is 12.7 Å². The molecular formula is C25H20FN3O3S. The first-order valence-electron chi connectivity index (χ1n) is 10.4. The normalized spacial score (nSPS) is 19.3. The predicted molar refractivity (Wildman–Crippen MR) is 127 cm³/mol. The highest BCUT2D eigenvalue weighted by Crippen LogP contribution is 2.55. The topological polar surface area (TPSA) is 69.7 Å². The van der Waals surface area contributed by atoms with E-state index in [4.69, 9.17) is 0 Å². The highest BCUT2D eigenvalue weighted by Gasteiger charge is 2.61. The number of anilines is 3. The first-order valence-corrected chi connectivity index (χ1v) is 11.4. The second-order valence-corrected chi connectivity index (χ2v) is 9.08. The van der Waals surface area contributed by atoms with Gasteiger partial charge in [0.15, 0.2) is 0 Å². The number of benzene rings is 3. The number of para-hydroxylation sites is 2. The minimum atomic E-state index is -1.34. The quantitative estimate of drug-likeness (QED) is 0.637. The highest BCUT2D eigenvalue weighted by molar-refractivity contribution is 8.02. The number of nitrogens with one attached hydrogen (secondary N) is 1. The molecule has 1 N–H and O–H groups in total. The lowest BCUT2D eigenvalue weighted by molar-refractivity contribution is -0.124. The lowest BCUT2D eigenvalue weighted by Crippen LogP contribution is -2.50. The van der Waals surface area contributed by atoms with Crippen molar-refractivity contribution in [3.63, 3.8) is 0 Å². The average molecular weight is 462 g/mol. The van der Waals surface area contributed by atoms with E-state index >= 15 is 0 Å². The summed E-state index contributed by atoms with van der Waals surface area (Å²) in [5.74, 6) is -1.29. The molecule has 166 valence electrons. The number of rotatable bonds is 4. The molecule has 1 saturated heterocycles. The third kappa shape index (κ3) is 3.38. The van der Waals surface area contributed by atoms with Crippen molar-refractivity contribution in [2.24, 2.45) is 0 Å². The van der Waals surface area contributed by atoms with Gasteiger partial charge in [-0.25, -0.2) is 4.39 Å². The first-order chi connectivity index (χ1) is 15.9. The summed E-state index contributed by atoms with van der Waals surface area (Å²) in [5, 5.41) is 2.86. The molecule has 0 saturated carbocycles. The maximum atomic E-state index is 13.9. The molecule has 3 aromatic rings. The Bertz CT molecular complexity index is 1280. The zero-order chi connectivity index (χ0) is 23.2. The Morgan fingerprint density at radius 3 is 2.48 bits per heavy atom. The summed E-state index contributed by atoms with van der Waals surface area (Å²) in [5.41, 5.74) is 3.24. The second-order valence-electron chi connectivity index (χ2n) is 7.91. The summed E-state index contributed by atoms with van der Waals surface area (Å²) in [6, 6.07) is 20.1. The Balaban J connectivity index is 1.52. The van der Waals surface area contributed by atoms with Crippen LogP contribution in [0.15, 0.2) is 72.8 Å². The van der Waals surface area contributed by atoms with Gasteiger partial charge in [-0.2, -0.15) is 0 Å². The minimum absolute atomic E-state index is 0.0979. The van der Waals surface area contributed by atoms with E-state index in [2.05, 4.69) is 5.32 Å². The SMILES string of the molecule is Cc1ccccc1NC(=O)CN1C(=O)[C@]2(SCC(=O)N2c2ccc(F)cc2)c2ccccc21. The van der Waals surface area contributed by atoms with Gasteiger partial charge in [0, 0.05) is 16.9 Å². The Labute approximate surface area is 194 Å². The van der Waals surface area contributed by atoms with E-state index in [-0.39, 0.29) is 30.0 Å². The molecule has 0 aliphatic carbocycles. The Morgan fingerprint density at radius 1 is 1.03 bits per heavy atom. The Morgan fingerprint density at radius 2 is 1.73 bits per heavy atom. The number of halogens is 1. The number of amides is 3. The molecule has 1 fully saturated rings. The number of fused-ring (bicyclic) bond motifs is 2. The van der Waals surface area contributed by atoms with Crippen molar-refractivity contribution in [3.8, 4) is 0 Å². The van der Waals surface area contributed by atoms with Crippen LogP contribution in [-0.4, -0.2) is 30.0 Å². The summed E-state index contributed by atoms with van der Waals surface area (Å²) in [6.45, 7) is 1.69. The molecule has 0 radical (unpaired) electrons. The number of carbonyl (C=O) groups is 3. The standard InChI is InChI=1S/C25H20FN3O3S/c1-16-6-2-4-8-20(16)27-22(30)14-28-21-9-5-3-7-19(21)25(24(28)32)29(23(31)15-33-25)18-12-10-17(26)11-13-18/h2-13H,14-15H2,1H3,(H,27,30)/t25-/m1/s1. The van der Waals surface area contributed by atoms with Gasteiger partial charge in [0.2, 0.25) is 16.7 Å². The molecule has 2 aliphatic heterocycles. The molecule has 1 spiro atoms. The smallest absolute Gasteiger partial charge is 0.269 e. The molecule has 2 heterocycles. The van der Waals surface area contributed by atoms with Gasteiger partial charge in [0.1, 0.15) is 12.4 Å². The lowest BCUT2D eigenvalue weighted by Gasteiger charge is -2.33. The van der Waals surface area contributed by atoms with Gasteiger partial charge in [0.25, 0.3) is 5.91 Å². The maximum Gasteiger partial charge on any atom is 0.269 e. The van der Waals surface area contributed by atoms with E-state index in [1.807, 2.05) is 25.1 Å². The van der Waals surface area contributed by atoms with Crippen LogP contribution in [0.2, 0.25) is 0 Å². The Hall–Kier alpha value is -3.65. The number of thioether (sulfide) groups is 1. The summed E-state index contributed by atoms with van der Waals surface area (Å²) < 4.78 is 13.5. The summed E-state index contributed by atoms with van der Waals surface area (Å²) in [7, 11) is 0. The van der Waals surface area contributed by atoms with Gasteiger partial charge < -0.3 is 5.32 Å². The molecule has 3 amide bonds. The van der Waals surface area contributed by atoms with Crippen LogP contribution in [0.5, 0.6) is 0 Å². The summed E-state index contributed by atoms with van der Waals surface area (Å²) in [4.78, 5) is 41.2. The van der Waals surface area contributed by atoms with Crippen LogP contribution in [0.25, 0.3) is 0 Å². The van der Waals surface area contributed by atoms with Gasteiger partial charge in [-0.3, -0.25) is 24.2 Å². The molecule has 5 rings (SSSR count). The van der Waals surface area contributed by atoms with E-state index in [9.17, 15) is 18.8 Å². The molecule has 6 nitrogen and oxygen atoms in total. The zero-order valence-electron chi connectivity index (χ0n) is 17.7. The largest absolute Gasteiger partial charge is 0.324 e. The molecule has 33 heavy (non-hydrogen) atoms. The molecule has 0 bridgehead atoms. The van der Waals surface area contributed by atoms with Crippen molar-refractivity contribution in [2.75, 3.05) is 27.4 Å². The molecule has 8 heteroatoms. The van der Waals surface area contributed by atoms with Gasteiger partial charge in [-0.1, -0.05) is 36.4 Å². The highest BCUT2D eigenvalue weighted by atomic mass is 32.2. The van der Waals surface area contributed by atoms with Gasteiger partial charge in [-0.15, -0.1) is 11.8 Å². The number of hydrogen-bond donors (Lipinski definition) is 1.